The lowest BCUT2D eigenvalue weighted by Gasteiger charge is -2.27. The van der Waals surface area contributed by atoms with Gasteiger partial charge < -0.3 is 15.6 Å². The molecule has 0 fully saturated rings. The van der Waals surface area contributed by atoms with Crippen LogP contribution in [0.4, 0.5) is 5.82 Å². The summed E-state index contributed by atoms with van der Waals surface area (Å²) in [6.45, 7) is 2.34. The van der Waals surface area contributed by atoms with Crippen molar-refractivity contribution in [1.29, 1.82) is 0 Å². The average molecular weight is 244 g/mol. The van der Waals surface area contributed by atoms with Gasteiger partial charge in [-0.05, 0) is 6.54 Å². The maximum absolute atomic E-state index is 5.54. The highest BCUT2D eigenvalue weighted by atomic mass is 15.2. The number of H-pyrrole nitrogens is 1. The van der Waals surface area contributed by atoms with Gasteiger partial charge in [0.15, 0.2) is 0 Å². The second kappa shape index (κ2) is 4.73. The van der Waals surface area contributed by atoms with Crippen molar-refractivity contribution in [2.24, 2.45) is 5.73 Å². The van der Waals surface area contributed by atoms with Crippen molar-refractivity contribution in [3.05, 3.63) is 35.8 Å². The van der Waals surface area contributed by atoms with Crippen molar-refractivity contribution in [3.63, 3.8) is 0 Å². The zero-order valence-electron chi connectivity index (χ0n) is 10.1. The number of hydrogen-bond donors (Lipinski definition) is 2. The monoisotopic (exact) mass is 244 g/mol. The van der Waals surface area contributed by atoms with Crippen LogP contribution in [-0.2, 0) is 19.4 Å². The first-order valence-corrected chi connectivity index (χ1v) is 6.14. The Kier molecular flexibility index (Phi) is 2.93. The van der Waals surface area contributed by atoms with Gasteiger partial charge in [-0.15, -0.1) is 0 Å². The molecule has 2 aromatic heterocycles. The highest BCUT2D eigenvalue weighted by Gasteiger charge is 2.19. The molecule has 0 aliphatic carbocycles. The summed E-state index contributed by atoms with van der Waals surface area (Å²) in [6, 6.07) is 0. The largest absolute Gasteiger partial charge is 0.349 e. The third kappa shape index (κ3) is 2.06. The number of anilines is 1. The van der Waals surface area contributed by atoms with Crippen LogP contribution in [0, 0.1) is 0 Å². The minimum absolute atomic E-state index is 0.600. The van der Waals surface area contributed by atoms with Gasteiger partial charge in [0.2, 0.25) is 0 Å². The number of fused-ring (bicyclic) bond motifs is 1. The van der Waals surface area contributed by atoms with Crippen molar-refractivity contribution < 1.29 is 0 Å². The molecule has 0 unspecified atom stereocenters. The van der Waals surface area contributed by atoms with Crippen LogP contribution in [-0.4, -0.2) is 33.0 Å². The summed E-state index contributed by atoms with van der Waals surface area (Å²) in [5, 5.41) is 0. The number of nitrogens with zero attached hydrogens (tertiary/aromatic N) is 4. The average Bonchev–Trinajstić information content (AvgIpc) is 2.86. The van der Waals surface area contributed by atoms with Crippen molar-refractivity contribution in [2.75, 3.05) is 18.0 Å². The first-order chi connectivity index (χ1) is 8.86. The van der Waals surface area contributed by atoms with Crippen molar-refractivity contribution in [3.8, 4) is 0 Å². The lowest BCUT2D eigenvalue weighted by Crippen LogP contribution is -2.31. The Morgan fingerprint density at radius 3 is 3.22 bits per heavy atom. The van der Waals surface area contributed by atoms with Gasteiger partial charge in [0.1, 0.15) is 5.82 Å². The van der Waals surface area contributed by atoms with E-state index in [1.165, 1.54) is 5.69 Å². The predicted octanol–water partition coefficient (Wildman–Crippen LogP) is 0.264. The molecule has 1 aliphatic rings. The third-order valence-electron chi connectivity index (χ3n) is 3.17. The van der Waals surface area contributed by atoms with Gasteiger partial charge in [0, 0.05) is 25.6 Å². The van der Waals surface area contributed by atoms with Crippen molar-refractivity contribution in [2.45, 2.75) is 19.4 Å². The summed E-state index contributed by atoms with van der Waals surface area (Å²) in [5.74, 6) is 0.918. The van der Waals surface area contributed by atoms with E-state index in [4.69, 9.17) is 5.73 Å². The highest BCUT2D eigenvalue weighted by molar-refractivity contribution is 5.39. The Balaban J connectivity index is 1.81. The van der Waals surface area contributed by atoms with E-state index in [2.05, 4.69) is 24.8 Å². The van der Waals surface area contributed by atoms with Crippen LogP contribution in [0.15, 0.2) is 18.7 Å². The summed E-state index contributed by atoms with van der Waals surface area (Å²) in [6.07, 6.45) is 7.06. The normalized spacial score (nSPS) is 14.6. The molecule has 3 heterocycles. The fourth-order valence-corrected chi connectivity index (χ4v) is 2.22. The van der Waals surface area contributed by atoms with Crippen LogP contribution in [0.5, 0.6) is 0 Å². The Morgan fingerprint density at radius 2 is 2.33 bits per heavy atom. The van der Waals surface area contributed by atoms with Crippen LogP contribution in [0.1, 0.15) is 17.1 Å². The standard InChI is InChI=1S/C12H16N6/c13-3-1-9-5-14-6-12(17-9)18-4-2-10-11(7-18)16-8-15-10/h5-6,8H,1-4,7,13H2,(H,15,16). The molecule has 6 heteroatoms. The van der Waals surface area contributed by atoms with Crippen LogP contribution in [0.2, 0.25) is 0 Å². The highest BCUT2D eigenvalue weighted by Crippen LogP contribution is 2.20. The van der Waals surface area contributed by atoms with Gasteiger partial charge >= 0.3 is 0 Å². The predicted molar refractivity (Wildman–Crippen MR) is 68.1 cm³/mol. The fourth-order valence-electron chi connectivity index (χ4n) is 2.22. The number of rotatable bonds is 3. The molecular formula is C12H16N6. The van der Waals surface area contributed by atoms with Gasteiger partial charge in [0.25, 0.3) is 0 Å². The molecule has 0 atom stereocenters. The van der Waals surface area contributed by atoms with E-state index < -0.39 is 0 Å². The topological polar surface area (TPSA) is 83.7 Å². The van der Waals surface area contributed by atoms with Gasteiger partial charge in [-0.25, -0.2) is 9.97 Å². The first-order valence-electron chi connectivity index (χ1n) is 6.14. The minimum atomic E-state index is 0.600. The van der Waals surface area contributed by atoms with E-state index >= 15 is 0 Å². The first kappa shape index (κ1) is 11.2. The SMILES string of the molecule is NCCc1cncc(N2CCc3nc[nH]c3C2)n1. The minimum Gasteiger partial charge on any atom is -0.349 e. The molecule has 0 radical (unpaired) electrons. The number of imidazole rings is 1. The Morgan fingerprint density at radius 1 is 1.39 bits per heavy atom. The molecular weight excluding hydrogens is 228 g/mol. The van der Waals surface area contributed by atoms with Crippen molar-refractivity contribution >= 4 is 5.82 Å². The number of hydrogen-bond acceptors (Lipinski definition) is 5. The molecule has 3 N–H and O–H groups in total. The summed E-state index contributed by atoms with van der Waals surface area (Å²) in [4.78, 5) is 18.5. The van der Waals surface area contributed by atoms with Gasteiger partial charge in [-0.3, -0.25) is 4.98 Å². The molecule has 0 amide bonds. The van der Waals surface area contributed by atoms with Crippen LogP contribution >= 0.6 is 0 Å². The second-order valence-corrected chi connectivity index (χ2v) is 4.41. The Bertz CT molecular complexity index is 535. The summed E-state index contributed by atoms with van der Waals surface area (Å²) in [7, 11) is 0. The number of nitrogens with two attached hydrogens (primary N) is 1. The van der Waals surface area contributed by atoms with Crippen LogP contribution < -0.4 is 10.6 Å². The van der Waals surface area contributed by atoms with Crippen LogP contribution in [0.25, 0.3) is 0 Å². The maximum Gasteiger partial charge on any atom is 0.147 e. The summed E-state index contributed by atoms with van der Waals surface area (Å²) < 4.78 is 0. The van der Waals surface area contributed by atoms with E-state index in [0.29, 0.717) is 6.54 Å². The van der Waals surface area contributed by atoms with E-state index in [1.54, 1.807) is 18.7 Å². The number of nitrogens with one attached hydrogen (secondary N) is 1. The second-order valence-electron chi connectivity index (χ2n) is 4.41. The van der Waals surface area contributed by atoms with Gasteiger partial charge in [-0.1, -0.05) is 0 Å². The lowest BCUT2D eigenvalue weighted by atomic mass is 10.1. The molecule has 0 bridgehead atoms. The number of aromatic amines is 1. The molecule has 1 aliphatic heterocycles. The molecule has 94 valence electrons. The quantitative estimate of drug-likeness (QED) is 0.809. The molecule has 6 nitrogen and oxygen atoms in total. The molecule has 0 aromatic carbocycles. The van der Waals surface area contributed by atoms with E-state index in [1.807, 2.05) is 0 Å². The Labute approximate surface area is 105 Å². The zero-order valence-corrected chi connectivity index (χ0v) is 10.1. The lowest BCUT2D eigenvalue weighted by molar-refractivity contribution is 0.695. The number of aromatic nitrogens is 4. The van der Waals surface area contributed by atoms with Gasteiger partial charge in [-0.2, -0.15) is 0 Å². The van der Waals surface area contributed by atoms with Crippen molar-refractivity contribution in [1.82, 2.24) is 19.9 Å². The maximum atomic E-state index is 5.54. The summed E-state index contributed by atoms with van der Waals surface area (Å²) >= 11 is 0. The Hall–Kier alpha value is -1.95. The van der Waals surface area contributed by atoms with E-state index in [9.17, 15) is 0 Å². The smallest absolute Gasteiger partial charge is 0.147 e. The van der Waals surface area contributed by atoms with Gasteiger partial charge in [0.05, 0.1) is 36.2 Å². The molecule has 3 rings (SSSR count). The fraction of sp³-hybridized carbons (Fsp3) is 0.417. The third-order valence-corrected chi connectivity index (χ3v) is 3.17. The molecule has 2 aromatic rings. The zero-order chi connectivity index (χ0) is 12.4. The molecule has 18 heavy (non-hydrogen) atoms. The van der Waals surface area contributed by atoms with Crippen LogP contribution in [0.3, 0.4) is 0 Å². The molecule has 0 saturated heterocycles. The molecule has 0 saturated carbocycles. The molecule has 0 spiro atoms. The van der Waals surface area contributed by atoms with E-state index in [-0.39, 0.29) is 0 Å². The summed E-state index contributed by atoms with van der Waals surface area (Å²) in [5.41, 5.74) is 8.83. The van der Waals surface area contributed by atoms with E-state index in [0.717, 1.165) is 43.1 Å².